The van der Waals surface area contributed by atoms with Gasteiger partial charge >= 0.3 is 5.97 Å². The van der Waals surface area contributed by atoms with Gasteiger partial charge in [-0.05, 0) is 30.2 Å². The van der Waals surface area contributed by atoms with E-state index in [2.05, 4.69) is 0 Å². The van der Waals surface area contributed by atoms with Gasteiger partial charge in [0.25, 0.3) is 0 Å². The number of hydrogen-bond acceptors (Lipinski definition) is 4. The van der Waals surface area contributed by atoms with E-state index in [9.17, 15) is 19.8 Å². The average Bonchev–Trinajstić information content (AvgIpc) is 2.73. The average molecular weight is 264 g/mol. The topological polar surface area (TPSA) is 104 Å². The fourth-order valence-electron chi connectivity index (χ4n) is 2.33. The summed E-state index contributed by atoms with van der Waals surface area (Å²) in [7, 11) is 0. The van der Waals surface area contributed by atoms with Crippen molar-refractivity contribution in [3.8, 4) is 5.75 Å². The Balaban J connectivity index is 2.28. The molecule has 0 aliphatic carbocycles. The maximum atomic E-state index is 11.9. The highest BCUT2D eigenvalue weighted by molar-refractivity contribution is 5.86. The first-order valence-electron chi connectivity index (χ1n) is 6.04. The van der Waals surface area contributed by atoms with Crippen molar-refractivity contribution in [2.75, 3.05) is 13.1 Å². The molecule has 4 N–H and O–H groups in total. The molecule has 2 atom stereocenters. The third-order valence-electron chi connectivity index (χ3n) is 3.33. The molecule has 0 aromatic heterocycles. The summed E-state index contributed by atoms with van der Waals surface area (Å²) in [6, 6.07) is 4.82. The first-order chi connectivity index (χ1) is 9.02. The Hall–Kier alpha value is -2.08. The fraction of sp³-hybridized carbons (Fsp3) is 0.385. The van der Waals surface area contributed by atoms with Crippen molar-refractivity contribution >= 4 is 11.9 Å². The molecule has 19 heavy (non-hydrogen) atoms. The van der Waals surface area contributed by atoms with Crippen molar-refractivity contribution in [3.05, 3.63) is 29.8 Å². The van der Waals surface area contributed by atoms with Crippen LogP contribution in [-0.2, 0) is 9.59 Å². The largest absolute Gasteiger partial charge is 0.508 e. The van der Waals surface area contributed by atoms with Crippen molar-refractivity contribution in [2.24, 2.45) is 11.7 Å². The molecule has 2 unspecified atom stereocenters. The number of benzene rings is 1. The zero-order valence-corrected chi connectivity index (χ0v) is 10.3. The third kappa shape index (κ3) is 2.68. The number of aromatic hydroxyl groups is 1. The molecular formula is C13H16N2O4. The lowest BCUT2D eigenvalue weighted by Gasteiger charge is -2.25. The van der Waals surface area contributed by atoms with Crippen LogP contribution >= 0.6 is 0 Å². The molecule has 1 amide bonds. The van der Waals surface area contributed by atoms with E-state index in [4.69, 9.17) is 5.73 Å². The van der Waals surface area contributed by atoms with Crippen LogP contribution in [0.3, 0.4) is 0 Å². The van der Waals surface area contributed by atoms with E-state index in [0.717, 1.165) is 0 Å². The normalized spacial score (nSPS) is 20.6. The molecule has 102 valence electrons. The van der Waals surface area contributed by atoms with Crippen LogP contribution in [0, 0.1) is 5.92 Å². The van der Waals surface area contributed by atoms with Crippen molar-refractivity contribution in [2.45, 2.75) is 12.5 Å². The number of phenolic OH excluding ortho intramolecular Hbond substituents is 1. The lowest BCUT2D eigenvalue weighted by molar-refractivity contribution is -0.148. The predicted molar refractivity (Wildman–Crippen MR) is 67.4 cm³/mol. The predicted octanol–water partition coefficient (Wildman–Crippen LogP) is 0.325. The molecule has 1 heterocycles. The number of nitrogens with zero attached hydrogens (tertiary/aromatic N) is 1. The molecule has 6 heteroatoms. The van der Waals surface area contributed by atoms with Crippen molar-refractivity contribution in [3.63, 3.8) is 0 Å². The van der Waals surface area contributed by atoms with E-state index in [-0.39, 0.29) is 17.6 Å². The van der Waals surface area contributed by atoms with Crippen LogP contribution in [0.15, 0.2) is 24.3 Å². The summed E-state index contributed by atoms with van der Waals surface area (Å²) in [6.07, 6.45) is 0.290. The summed E-state index contributed by atoms with van der Waals surface area (Å²) in [5.74, 6) is -1.22. The lowest BCUT2D eigenvalue weighted by Crippen LogP contribution is -2.35. The smallest absolute Gasteiger partial charge is 0.331 e. The third-order valence-corrected chi connectivity index (χ3v) is 3.33. The minimum absolute atomic E-state index is 0.00599. The first-order valence-corrected chi connectivity index (χ1v) is 6.04. The molecule has 1 saturated heterocycles. The molecule has 1 aliphatic rings. The molecule has 2 rings (SSSR count). The van der Waals surface area contributed by atoms with Gasteiger partial charge in [-0.1, -0.05) is 12.1 Å². The van der Waals surface area contributed by atoms with Crippen molar-refractivity contribution in [1.82, 2.24) is 4.90 Å². The molecule has 1 aliphatic heterocycles. The van der Waals surface area contributed by atoms with Gasteiger partial charge in [-0.15, -0.1) is 0 Å². The molecule has 0 radical (unpaired) electrons. The van der Waals surface area contributed by atoms with Crippen molar-refractivity contribution in [1.29, 1.82) is 0 Å². The van der Waals surface area contributed by atoms with Crippen LogP contribution in [-0.4, -0.2) is 40.1 Å². The monoisotopic (exact) mass is 264 g/mol. The molecular weight excluding hydrogens is 248 g/mol. The Labute approximate surface area is 110 Å². The minimum atomic E-state index is -1.09. The molecule has 1 aromatic rings. The highest BCUT2D eigenvalue weighted by atomic mass is 16.4. The van der Waals surface area contributed by atoms with Gasteiger partial charge < -0.3 is 20.8 Å². The van der Waals surface area contributed by atoms with Gasteiger partial charge in [-0.2, -0.15) is 0 Å². The number of phenols is 1. The van der Waals surface area contributed by atoms with Crippen LogP contribution in [0.4, 0.5) is 0 Å². The number of carboxylic acid groups (broad SMARTS) is 1. The molecule has 6 nitrogen and oxygen atoms in total. The standard InChI is InChI=1S/C13H16N2O4/c14-6-8-5-11(17)15(7-8)12(13(18)19)9-1-3-10(16)4-2-9/h1-4,8,12,16H,5-7,14H2,(H,18,19). The maximum Gasteiger partial charge on any atom is 0.331 e. The number of carbonyl (C=O) groups excluding carboxylic acids is 1. The highest BCUT2D eigenvalue weighted by Gasteiger charge is 2.37. The Morgan fingerprint density at radius 2 is 2.05 bits per heavy atom. The second-order valence-electron chi connectivity index (χ2n) is 4.68. The molecule has 0 bridgehead atoms. The second-order valence-corrected chi connectivity index (χ2v) is 4.68. The SMILES string of the molecule is NCC1CC(=O)N(C(C(=O)O)c2ccc(O)cc2)C1. The lowest BCUT2D eigenvalue weighted by atomic mass is 10.1. The van der Waals surface area contributed by atoms with Gasteiger partial charge in [0.05, 0.1) is 0 Å². The van der Waals surface area contributed by atoms with Gasteiger partial charge in [0.15, 0.2) is 6.04 Å². The Morgan fingerprint density at radius 1 is 1.42 bits per heavy atom. The van der Waals surface area contributed by atoms with E-state index in [1.807, 2.05) is 0 Å². The highest BCUT2D eigenvalue weighted by Crippen LogP contribution is 2.29. The number of carboxylic acids is 1. The summed E-state index contributed by atoms with van der Waals surface area (Å²) in [4.78, 5) is 24.7. The summed E-state index contributed by atoms with van der Waals surface area (Å²) in [5, 5.41) is 18.6. The maximum absolute atomic E-state index is 11.9. The van der Waals surface area contributed by atoms with E-state index < -0.39 is 12.0 Å². The number of likely N-dealkylation sites (tertiary alicyclic amines) is 1. The minimum Gasteiger partial charge on any atom is -0.508 e. The van der Waals surface area contributed by atoms with Gasteiger partial charge in [0, 0.05) is 13.0 Å². The number of nitrogens with two attached hydrogens (primary N) is 1. The number of amides is 1. The van der Waals surface area contributed by atoms with Gasteiger partial charge in [0.2, 0.25) is 5.91 Å². The van der Waals surface area contributed by atoms with Crippen LogP contribution < -0.4 is 5.73 Å². The second kappa shape index (κ2) is 5.27. The van der Waals surface area contributed by atoms with Crippen LogP contribution in [0.2, 0.25) is 0 Å². The fourth-order valence-corrected chi connectivity index (χ4v) is 2.33. The Morgan fingerprint density at radius 3 is 2.53 bits per heavy atom. The van der Waals surface area contributed by atoms with E-state index >= 15 is 0 Å². The number of carbonyl (C=O) groups is 2. The molecule has 0 saturated carbocycles. The van der Waals surface area contributed by atoms with E-state index in [1.54, 1.807) is 0 Å². The number of rotatable bonds is 4. The molecule has 0 spiro atoms. The first kappa shape index (κ1) is 13.4. The Bertz CT molecular complexity index is 486. The number of hydrogen-bond donors (Lipinski definition) is 3. The number of aliphatic carboxylic acids is 1. The van der Waals surface area contributed by atoms with Gasteiger partial charge in [0.1, 0.15) is 5.75 Å². The van der Waals surface area contributed by atoms with Crippen LogP contribution in [0.25, 0.3) is 0 Å². The zero-order valence-electron chi connectivity index (χ0n) is 10.3. The summed E-state index contributed by atoms with van der Waals surface area (Å²) >= 11 is 0. The summed E-state index contributed by atoms with van der Waals surface area (Å²) in [5.41, 5.74) is 6.00. The summed E-state index contributed by atoms with van der Waals surface area (Å²) in [6.45, 7) is 0.720. The van der Waals surface area contributed by atoms with E-state index in [1.165, 1.54) is 29.2 Å². The Kier molecular flexibility index (Phi) is 3.71. The molecule has 1 aromatic carbocycles. The van der Waals surface area contributed by atoms with Gasteiger partial charge in [-0.3, -0.25) is 4.79 Å². The van der Waals surface area contributed by atoms with Crippen LogP contribution in [0.5, 0.6) is 5.75 Å². The van der Waals surface area contributed by atoms with Crippen LogP contribution in [0.1, 0.15) is 18.0 Å². The quantitative estimate of drug-likeness (QED) is 0.726. The summed E-state index contributed by atoms with van der Waals surface area (Å²) < 4.78 is 0. The zero-order chi connectivity index (χ0) is 14.0. The van der Waals surface area contributed by atoms with Gasteiger partial charge in [-0.25, -0.2) is 4.79 Å². The van der Waals surface area contributed by atoms with Crippen molar-refractivity contribution < 1.29 is 19.8 Å². The van der Waals surface area contributed by atoms with E-state index in [0.29, 0.717) is 25.1 Å². The molecule has 1 fully saturated rings.